The van der Waals surface area contributed by atoms with Gasteiger partial charge in [0.15, 0.2) is 5.82 Å². The number of fused-ring (bicyclic) bond motifs is 2. The van der Waals surface area contributed by atoms with Crippen molar-refractivity contribution in [3.05, 3.63) is 51.2 Å². The number of carbonyl (C=O) groups excluding carboxylic acids is 4. The van der Waals surface area contributed by atoms with Gasteiger partial charge in [-0.3, -0.25) is 19.7 Å². The van der Waals surface area contributed by atoms with E-state index in [0.29, 0.717) is 26.0 Å². The van der Waals surface area contributed by atoms with Gasteiger partial charge in [0, 0.05) is 17.5 Å². The molecule has 0 spiro atoms. The minimum absolute atomic E-state index is 0.0738. The number of hydrogen-bond acceptors (Lipinski definition) is 7. The number of halogens is 2. The maximum absolute atomic E-state index is 15.4. The minimum Gasteiger partial charge on any atom is -0.494 e. The van der Waals surface area contributed by atoms with Gasteiger partial charge in [0.05, 0.1) is 34.6 Å². The Morgan fingerprint density at radius 1 is 1.26 bits per heavy atom. The van der Waals surface area contributed by atoms with E-state index in [1.165, 1.54) is 35.5 Å². The SMILES string of the molecule is COc1ccc(Cl)c2sc(C(C)(C)NC(=O)Nc3ccc4c(c3F)CN(C3CCC(=O)NC3=O)C4=O)nc12. The number of hydrogen-bond donors (Lipinski definition) is 3. The van der Waals surface area contributed by atoms with Crippen LogP contribution in [0.4, 0.5) is 14.9 Å². The fourth-order valence-electron chi connectivity index (χ4n) is 4.58. The molecule has 1 unspecified atom stereocenters. The molecule has 0 bridgehead atoms. The van der Waals surface area contributed by atoms with E-state index < -0.39 is 41.2 Å². The summed E-state index contributed by atoms with van der Waals surface area (Å²) in [7, 11) is 1.53. The lowest BCUT2D eigenvalue weighted by Gasteiger charge is -2.29. The summed E-state index contributed by atoms with van der Waals surface area (Å²) < 4.78 is 21.5. The molecule has 0 saturated carbocycles. The molecule has 38 heavy (non-hydrogen) atoms. The van der Waals surface area contributed by atoms with Gasteiger partial charge in [-0.25, -0.2) is 14.2 Å². The van der Waals surface area contributed by atoms with E-state index in [1.807, 2.05) is 0 Å². The highest BCUT2D eigenvalue weighted by Gasteiger charge is 2.40. The molecule has 2 aliphatic rings. The fourth-order valence-corrected chi connectivity index (χ4v) is 5.89. The van der Waals surface area contributed by atoms with Crippen LogP contribution in [0.25, 0.3) is 10.2 Å². The van der Waals surface area contributed by atoms with Crippen molar-refractivity contribution in [1.82, 2.24) is 20.5 Å². The van der Waals surface area contributed by atoms with Gasteiger partial charge < -0.3 is 20.3 Å². The van der Waals surface area contributed by atoms with Crippen molar-refractivity contribution >= 4 is 62.6 Å². The molecule has 3 heterocycles. The van der Waals surface area contributed by atoms with Crippen LogP contribution >= 0.6 is 22.9 Å². The zero-order chi connectivity index (χ0) is 27.4. The summed E-state index contributed by atoms with van der Waals surface area (Å²) in [5.41, 5.74) is -0.314. The molecule has 1 saturated heterocycles. The molecule has 5 amide bonds. The van der Waals surface area contributed by atoms with Crippen molar-refractivity contribution in [3.8, 4) is 5.75 Å². The first-order chi connectivity index (χ1) is 18.0. The summed E-state index contributed by atoms with van der Waals surface area (Å²) in [6.45, 7) is 3.35. The Kier molecular flexibility index (Phi) is 6.48. The van der Waals surface area contributed by atoms with Crippen molar-refractivity contribution in [2.45, 2.75) is 44.8 Å². The highest BCUT2D eigenvalue weighted by molar-refractivity contribution is 7.19. The smallest absolute Gasteiger partial charge is 0.320 e. The number of nitrogens with one attached hydrogen (secondary N) is 3. The molecule has 0 aliphatic carbocycles. The largest absolute Gasteiger partial charge is 0.494 e. The molecule has 2 aromatic carbocycles. The van der Waals surface area contributed by atoms with E-state index >= 15 is 4.39 Å². The van der Waals surface area contributed by atoms with E-state index in [9.17, 15) is 19.2 Å². The first-order valence-corrected chi connectivity index (χ1v) is 12.9. The lowest BCUT2D eigenvalue weighted by molar-refractivity contribution is -0.136. The molecule has 3 aromatic rings. The number of amides is 5. The summed E-state index contributed by atoms with van der Waals surface area (Å²) in [6, 6.07) is 4.58. The number of benzene rings is 2. The number of nitrogens with zero attached hydrogens (tertiary/aromatic N) is 2. The minimum atomic E-state index is -0.951. The Hall–Kier alpha value is -3.77. The maximum atomic E-state index is 15.4. The van der Waals surface area contributed by atoms with Crippen LogP contribution in [0.1, 0.15) is 47.6 Å². The second-order valence-electron chi connectivity index (χ2n) is 9.50. The first-order valence-electron chi connectivity index (χ1n) is 11.7. The number of thiazole rings is 1. The van der Waals surface area contributed by atoms with Crippen LogP contribution in [0.15, 0.2) is 24.3 Å². The second-order valence-corrected chi connectivity index (χ2v) is 10.9. The molecule has 3 N–H and O–H groups in total. The second kappa shape index (κ2) is 9.52. The molecule has 1 atom stereocenters. The van der Waals surface area contributed by atoms with Crippen LogP contribution in [0.2, 0.25) is 5.02 Å². The van der Waals surface area contributed by atoms with E-state index in [2.05, 4.69) is 20.9 Å². The van der Waals surface area contributed by atoms with Gasteiger partial charge in [0.25, 0.3) is 5.91 Å². The Balaban J connectivity index is 1.33. The van der Waals surface area contributed by atoms with Gasteiger partial charge in [-0.15, -0.1) is 11.3 Å². The molecule has 198 valence electrons. The molecule has 5 rings (SSSR count). The Morgan fingerprint density at radius 2 is 2.03 bits per heavy atom. The number of imide groups is 1. The third kappa shape index (κ3) is 4.43. The Morgan fingerprint density at radius 3 is 2.74 bits per heavy atom. The number of anilines is 1. The number of carbonyl (C=O) groups is 4. The Labute approximate surface area is 225 Å². The number of methoxy groups -OCH3 is 1. The zero-order valence-corrected chi connectivity index (χ0v) is 22.2. The quantitative estimate of drug-likeness (QED) is 0.406. The third-order valence-corrected chi connectivity index (χ3v) is 8.38. The van der Waals surface area contributed by atoms with E-state index in [1.54, 1.807) is 26.0 Å². The first kappa shape index (κ1) is 25.9. The maximum Gasteiger partial charge on any atom is 0.320 e. The van der Waals surface area contributed by atoms with Gasteiger partial charge in [-0.2, -0.15) is 0 Å². The van der Waals surface area contributed by atoms with E-state index in [0.717, 1.165) is 0 Å². The number of ether oxygens (including phenoxy) is 1. The summed E-state index contributed by atoms with van der Waals surface area (Å²) in [5.74, 6) is -1.72. The number of piperidine rings is 1. The molecule has 1 aromatic heterocycles. The summed E-state index contributed by atoms with van der Waals surface area (Å²) in [4.78, 5) is 55.3. The Bertz CT molecular complexity index is 1520. The van der Waals surface area contributed by atoms with E-state index in [-0.39, 0.29) is 36.2 Å². The van der Waals surface area contributed by atoms with Crippen LogP contribution in [0, 0.1) is 5.82 Å². The van der Waals surface area contributed by atoms with Gasteiger partial charge in [0.2, 0.25) is 11.8 Å². The molecular formula is C25H23ClFN5O5S. The zero-order valence-electron chi connectivity index (χ0n) is 20.6. The lowest BCUT2D eigenvalue weighted by Crippen LogP contribution is -2.52. The summed E-state index contributed by atoms with van der Waals surface area (Å²) >= 11 is 7.63. The van der Waals surface area contributed by atoms with Gasteiger partial charge in [0.1, 0.15) is 22.3 Å². The van der Waals surface area contributed by atoms with Crippen molar-refractivity contribution in [2.75, 3.05) is 12.4 Å². The molecular weight excluding hydrogens is 537 g/mol. The van der Waals surface area contributed by atoms with E-state index in [4.69, 9.17) is 16.3 Å². The fraction of sp³-hybridized carbons (Fsp3) is 0.320. The molecule has 0 radical (unpaired) electrons. The molecule has 1 fully saturated rings. The monoisotopic (exact) mass is 559 g/mol. The van der Waals surface area contributed by atoms with Crippen LogP contribution in [-0.2, 0) is 21.7 Å². The highest BCUT2D eigenvalue weighted by atomic mass is 35.5. The van der Waals surface area contributed by atoms with Crippen LogP contribution < -0.4 is 20.7 Å². The highest BCUT2D eigenvalue weighted by Crippen LogP contribution is 2.39. The summed E-state index contributed by atoms with van der Waals surface area (Å²) in [6.07, 6.45) is 0.257. The average Bonchev–Trinajstić information content (AvgIpc) is 3.45. The van der Waals surface area contributed by atoms with Crippen LogP contribution in [0.3, 0.4) is 0 Å². The van der Waals surface area contributed by atoms with Crippen LogP contribution in [0.5, 0.6) is 5.75 Å². The predicted octanol–water partition coefficient (Wildman–Crippen LogP) is 3.92. The number of aromatic nitrogens is 1. The normalized spacial score (nSPS) is 17.4. The average molecular weight is 560 g/mol. The summed E-state index contributed by atoms with van der Waals surface area (Å²) in [5, 5.41) is 8.58. The van der Waals surface area contributed by atoms with Crippen molar-refractivity contribution < 1.29 is 28.3 Å². The van der Waals surface area contributed by atoms with Crippen LogP contribution in [-0.4, -0.2) is 46.8 Å². The van der Waals surface area contributed by atoms with Crippen molar-refractivity contribution in [3.63, 3.8) is 0 Å². The number of urea groups is 1. The van der Waals surface area contributed by atoms with Crippen molar-refractivity contribution in [1.29, 1.82) is 0 Å². The standard InChI is InChI=1S/C25H23ClFN5O5S/c1-25(2,23-30-19-16(37-3)8-5-13(26)20(19)38-23)31-24(36)28-14-6-4-11-12(18(14)27)10-32(22(11)35)15-7-9-17(33)29-21(15)34/h4-6,8,15H,7,9-10H2,1-3H3,(H2,28,31,36)(H,29,33,34). The molecule has 10 nitrogen and oxygen atoms in total. The van der Waals surface area contributed by atoms with Gasteiger partial charge >= 0.3 is 6.03 Å². The predicted molar refractivity (Wildman–Crippen MR) is 139 cm³/mol. The van der Waals surface area contributed by atoms with Gasteiger partial charge in [-0.05, 0) is 44.5 Å². The topological polar surface area (TPSA) is 130 Å². The number of rotatable bonds is 5. The lowest BCUT2D eigenvalue weighted by atomic mass is 10.0. The van der Waals surface area contributed by atoms with Gasteiger partial charge in [-0.1, -0.05) is 11.6 Å². The van der Waals surface area contributed by atoms with Crippen molar-refractivity contribution in [2.24, 2.45) is 0 Å². The third-order valence-electron chi connectivity index (χ3n) is 6.54. The molecule has 2 aliphatic heterocycles. The molecule has 13 heteroatoms.